The first-order valence-corrected chi connectivity index (χ1v) is 8.23. The van der Waals surface area contributed by atoms with Gasteiger partial charge in [0.1, 0.15) is 5.82 Å². The van der Waals surface area contributed by atoms with E-state index >= 15 is 0 Å². The first-order valence-electron chi connectivity index (χ1n) is 7.86. The molecule has 2 aliphatic rings. The van der Waals surface area contributed by atoms with E-state index in [4.69, 9.17) is 16.3 Å². The van der Waals surface area contributed by atoms with Crippen molar-refractivity contribution in [1.82, 2.24) is 9.80 Å². The molecule has 23 heavy (non-hydrogen) atoms. The zero-order valence-electron chi connectivity index (χ0n) is 12.9. The second-order valence-electron chi connectivity index (χ2n) is 5.90. The number of carbonyl (C=O) groups is 1. The molecule has 1 amide bonds. The average Bonchev–Trinajstić information content (AvgIpc) is 2.58. The lowest BCUT2D eigenvalue weighted by atomic mass is 10.1. The van der Waals surface area contributed by atoms with Crippen molar-refractivity contribution in [2.75, 3.05) is 45.9 Å². The van der Waals surface area contributed by atoms with Crippen molar-refractivity contribution >= 4 is 17.5 Å². The van der Waals surface area contributed by atoms with Gasteiger partial charge in [-0.15, -0.1) is 0 Å². The summed E-state index contributed by atoms with van der Waals surface area (Å²) >= 11 is 5.87. The van der Waals surface area contributed by atoms with Crippen molar-refractivity contribution in [1.29, 1.82) is 0 Å². The molecular formula is C17H20ClFN2O2. The molecule has 0 radical (unpaired) electrons. The SMILES string of the molecule is O=C(c1cc(Cl)ccc1F)N1CCN(CC2=CCCOC2)CC1. The van der Waals surface area contributed by atoms with Gasteiger partial charge in [-0.1, -0.05) is 17.7 Å². The Morgan fingerprint density at radius 2 is 2.04 bits per heavy atom. The number of hydrogen-bond acceptors (Lipinski definition) is 3. The number of halogens is 2. The zero-order chi connectivity index (χ0) is 16.2. The predicted molar refractivity (Wildman–Crippen MR) is 87.3 cm³/mol. The quantitative estimate of drug-likeness (QED) is 0.794. The maximum atomic E-state index is 13.8. The van der Waals surface area contributed by atoms with Gasteiger partial charge in [-0.2, -0.15) is 0 Å². The number of rotatable bonds is 3. The highest BCUT2D eigenvalue weighted by molar-refractivity contribution is 6.31. The van der Waals surface area contributed by atoms with Crippen LogP contribution in [-0.4, -0.2) is 61.6 Å². The third-order valence-electron chi connectivity index (χ3n) is 4.23. The number of carbonyl (C=O) groups excluding carboxylic acids is 1. The summed E-state index contributed by atoms with van der Waals surface area (Å²) in [6.07, 6.45) is 3.21. The van der Waals surface area contributed by atoms with Crippen LogP contribution < -0.4 is 0 Å². The molecule has 4 nitrogen and oxygen atoms in total. The van der Waals surface area contributed by atoms with Gasteiger partial charge >= 0.3 is 0 Å². The van der Waals surface area contributed by atoms with Crippen LogP contribution in [0.3, 0.4) is 0 Å². The Balaban J connectivity index is 1.57. The first kappa shape index (κ1) is 16.4. The molecule has 2 heterocycles. The second-order valence-corrected chi connectivity index (χ2v) is 6.33. The van der Waals surface area contributed by atoms with Crippen molar-refractivity contribution in [3.05, 3.63) is 46.3 Å². The van der Waals surface area contributed by atoms with E-state index in [1.54, 1.807) is 4.90 Å². The number of amides is 1. The standard InChI is InChI=1S/C17H20ClFN2O2/c18-14-3-4-16(19)15(10-14)17(22)21-7-5-20(6-8-21)11-13-2-1-9-23-12-13/h2-4,10H,1,5-9,11-12H2. The number of piperazine rings is 1. The van der Waals surface area contributed by atoms with Crippen LogP contribution in [0, 0.1) is 5.82 Å². The third-order valence-corrected chi connectivity index (χ3v) is 4.46. The van der Waals surface area contributed by atoms with Gasteiger partial charge in [-0.3, -0.25) is 9.69 Å². The molecule has 0 aliphatic carbocycles. The minimum atomic E-state index is -0.522. The van der Waals surface area contributed by atoms with Crippen molar-refractivity contribution in [3.8, 4) is 0 Å². The smallest absolute Gasteiger partial charge is 0.256 e. The minimum Gasteiger partial charge on any atom is -0.377 e. The van der Waals surface area contributed by atoms with E-state index in [0.717, 1.165) is 32.7 Å². The lowest BCUT2D eigenvalue weighted by Crippen LogP contribution is -2.49. The van der Waals surface area contributed by atoms with Gasteiger partial charge in [0.05, 0.1) is 18.8 Å². The Labute approximate surface area is 140 Å². The molecule has 0 spiro atoms. The van der Waals surface area contributed by atoms with E-state index in [0.29, 0.717) is 24.7 Å². The molecule has 1 aromatic rings. The fourth-order valence-corrected chi connectivity index (χ4v) is 3.12. The van der Waals surface area contributed by atoms with Crippen LogP contribution in [0.5, 0.6) is 0 Å². The molecular weight excluding hydrogens is 319 g/mol. The van der Waals surface area contributed by atoms with E-state index < -0.39 is 5.82 Å². The maximum Gasteiger partial charge on any atom is 0.256 e. The van der Waals surface area contributed by atoms with Gasteiger partial charge in [0, 0.05) is 37.7 Å². The minimum absolute atomic E-state index is 0.0503. The number of nitrogens with zero attached hydrogens (tertiary/aromatic N) is 2. The van der Waals surface area contributed by atoms with E-state index in [9.17, 15) is 9.18 Å². The van der Waals surface area contributed by atoms with Crippen LogP contribution in [0.2, 0.25) is 5.02 Å². The van der Waals surface area contributed by atoms with E-state index in [2.05, 4.69) is 11.0 Å². The van der Waals surface area contributed by atoms with Crippen molar-refractivity contribution in [2.45, 2.75) is 6.42 Å². The molecule has 6 heteroatoms. The summed E-state index contributed by atoms with van der Waals surface area (Å²) in [7, 11) is 0. The average molecular weight is 339 g/mol. The monoisotopic (exact) mass is 338 g/mol. The lowest BCUT2D eigenvalue weighted by molar-refractivity contribution is 0.0633. The number of hydrogen-bond donors (Lipinski definition) is 0. The lowest BCUT2D eigenvalue weighted by Gasteiger charge is -2.35. The zero-order valence-corrected chi connectivity index (χ0v) is 13.7. The molecule has 1 aromatic carbocycles. The Morgan fingerprint density at radius 1 is 1.26 bits per heavy atom. The summed E-state index contributed by atoms with van der Waals surface area (Å²) in [4.78, 5) is 16.4. The fraction of sp³-hybridized carbons (Fsp3) is 0.471. The topological polar surface area (TPSA) is 32.8 Å². The van der Waals surface area contributed by atoms with Crippen molar-refractivity contribution in [2.24, 2.45) is 0 Å². The highest BCUT2D eigenvalue weighted by Gasteiger charge is 2.24. The molecule has 2 aliphatic heterocycles. The molecule has 0 saturated carbocycles. The summed E-state index contributed by atoms with van der Waals surface area (Å²) < 4.78 is 19.3. The van der Waals surface area contributed by atoms with Crippen LogP contribution in [0.1, 0.15) is 16.8 Å². The van der Waals surface area contributed by atoms with Crippen LogP contribution in [0.4, 0.5) is 4.39 Å². The molecule has 0 aromatic heterocycles. The van der Waals surface area contributed by atoms with Crippen LogP contribution in [0.25, 0.3) is 0 Å². The van der Waals surface area contributed by atoms with E-state index in [-0.39, 0.29) is 11.5 Å². The highest BCUT2D eigenvalue weighted by atomic mass is 35.5. The molecule has 0 unspecified atom stereocenters. The summed E-state index contributed by atoms with van der Waals surface area (Å²) in [5.74, 6) is -0.809. The van der Waals surface area contributed by atoms with Gasteiger partial charge in [0.15, 0.2) is 0 Å². The predicted octanol–water partition coefficient (Wildman–Crippen LogP) is 2.58. The third kappa shape index (κ3) is 4.10. The Morgan fingerprint density at radius 3 is 2.74 bits per heavy atom. The summed E-state index contributed by atoms with van der Waals surface area (Å²) in [5, 5.41) is 0.373. The number of benzene rings is 1. The van der Waals surface area contributed by atoms with Gasteiger partial charge in [0.2, 0.25) is 0 Å². The van der Waals surface area contributed by atoms with Crippen molar-refractivity contribution < 1.29 is 13.9 Å². The fourth-order valence-electron chi connectivity index (χ4n) is 2.95. The largest absolute Gasteiger partial charge is 0.377 e. The van der Waals surface area contributed by atoms with E-state index in [1.807, 2.05) is 0 Å². The van der Waals surface area contributed by atoms with Crippen molar-refractivity contribution in [3.63, 3.8) is 0 Å². The maximum absolute atomic E-state index is 13.8. The van der Waals surface area contributed by atoms with Gasteiger partial charge in [-0.25, -0.2) is 4.39 Å². The normalized spacial score (nSPS) is 19.6. The summed E-state index contributed by atoms with van der Waals surface area (Å²) in [6.45, 7) is 5.14. The van der Waals surface area contributed by atoms with Crippen LogP contribution >= 0.6 is 11.6 Å². The Hall–Kier alpha value is -1.43. The van der Waals surface area contributed by atoms with Gasteiger partial charge in [-0.05, 0) is 30.2 Å². The molecule has 0 bridgehead atoms. The Bertz CT molecular complexity index is 613. The van der Waals surface area contributed by atoms with Gasteiger partial charge < -0.3 is 9.64 Å². The summed E-state index contributed by atoms with van der Waals surface area (Å²) in [6, 6.07) is 4.09. The molecule has 0 N–H and O–H groups in total. The molecule has 0 atom stereocenters. The van der Waals surface area contributed by atoms with Crippen LogP contribution in [0.15, 0.2) is 29.8 Å². The summed E-state index contributed by atoms with van der Waals surface area (Å²) in [5.41, 5.74) is 1.35. The second kappa shape index (κ2) is 7.43. The van der Waals surface area contributed by atoms with Gasteiger partial charge in [0.25, 0.3) is 5.91 Å². The van der Waals surface area contributed by atoms with E-state index in [1.165, 1.54) is 23.8 Å². The number of ether oxygens (including phenoxy) is 1. The molecule has 124 valence electrons. The first-order chi connectivity index (χ1) is 11.1. The molecule has 1 fully saturated rings. The molecule has 3 rings (SSSR count). The molecule has 1 saturated heterocycles. The van der Waals surface area contributed by atoms with Crippen LogP contribution in [-0.2, 0) is 4.74 Å². The highest BCUT2D eigenvalue weighted by Crippen LogP contribution is 2.18. The Kier molecular flexibility index (Phi) is 5.30.